The molecule has 0 aliphatic heterocycles. The number of esters is 2. The number of hydrogen-bond acceptors (Lipinski definition) is 5. The summed E-state index contributed by atoms with van der Waals surface area (Å²) < 4.78 is 10.5. The summed E-state index contributed by atoms with van der Waals surface area (Å²) in [5, 5.41) is 0.568. The van der Waals surface area contributed by atoms with Gasteiger partial charge in [-0.05, 0) is 69.7 Å². The Kier molecular flexibility index (Phi) is 14.2. The van der Waals surface area contributed by atoms with Crippen molar-refractivity contribution in [2.75, 3.05) is 13.2 Å². The fourth-order valence-corrected chi connectivity index (χ4v) is 4.05. The molecule has 0 spiro atoms. The molecule has 0 fully saturated rings. The molecule has 0 bridgehead atoms. The highest BCUT2D eigenvalue weighted by atomic mass is 32.2. The van der Waals surface area contributed by atoms with Crippen molar-refractivity contribution in [3.8, 4) is 0 Å². The van der Waals surface area contributed by atoms with Crippen molar-refractivity contribution in [3.05, 3.63) is 42.0 Å². The molecular formula is C25H40O4S. The highest BCUT2D eigenvalue weighted by Crippen LogP contribution is 2.34. The quantitative estimate of drug-likeness (QED) is 0.161. The van der Waals surface area contributed by atoms with E-state index in [1.807, 2.05) is 25.6 Å². The first-order valence-corrected chi connectivity index (χ1v) is 11.9. The third-order valence-corrected chi connectivity index (χ3v) is 6.13. The normalized spacial score (nSPS) is 11.7. The lowest BCUT2D eigenvalue weighted by Gasteiger charge is -2.28. The second-order valence-corrected chi connectivity index (χ2v) is 8.45. The van der Waals surface area contributed by atoms with Crippen molar-refractivity contribution in [3.63, 3.8) is 0 Å². The van der Waals surface area contributed by atoms with Crippen LogP contribution in [0.2, 0.25) is 0 Å². The first-order chi connectivity index (χ1) is 14.3. The van der Waals surface area contributed by atoms with Crippen LogP contribution in [0.5, 0.6) is 0 Å². The van der Waals surface area contributed by atoms with Crippen LogP contribution in [0.3, 0.4) is 0 Å². The lowest BCUT2D eigenvalue weighted by molar-refractivity contribution is -0.172. The number of thioether (sulfide) groups is 1. The van der Waals surface area contributed by atoms with Gasteiger partial charge in [-0.3, -0.25) is 9.59 Å². The SMILES string of the molecule is C=CCC(CCc1ccc(SC(C)CC)cc1C)(C(=O)OCC)C(=O)OCC.CC. The summed E-state index contributed by atoms with van der Waals surface area (Å²) in [6.07, 6.45) is 3.83. The van der Waals surface area contributed by atoms with Crippen LogP contribution in [0.1, 0.15) is 71.9 Å². The molecule has 4 nitrogen and oxygen atoms in total. The van der Waals surface area contributed by atoms with E-state index in [0.29, 0.717) is 18.1 Å². The van der Waals surface area contributed by atoms with E-state index in [4.69, 9.17) is 9.47 Å². The van der Waals surface area contributed by atoms with Crippen LogP contribution in [-0.2, 0) is 25.5 Å². The van der Waals surface area contributed by atoms with Gasteiger partial charge >= 0.3 is 11.9 Å². The van der Waals surface area contributed by atoms with Crippen molar-refractivity contribution >= 4 is 23.7 Å². The Morgan fingerprint density at radius 2 is 1.70 bits per heavy atom. The van der Waals surface area contributed by atoms with E-state index in [9.17, 15) is 9.59 Å². The summed E-state index contributed by atoms with van der Waals surface area (Å²) >= 11 is 1.86. The minimum absolute atomic E-state index is 0.200. The van der Waals surface area contributed by atoms with Gasteiger partial charge < -0.3 is 9.47 Å². The van der Waals surface area contributed by atoms with Crippen molar-refractivity contribution in [2.45, 2.75) is 84.3 Å². The topological polar surface area (TPSA) is 52.6 Å². The van der Waals surface area contributed by atoms with Gasteiger partial charge in [-0.25, -0.2) is 0 Å². The van der Waals surface area contributed by atoms with Gasteiger partial charge in [0, 0.05) is 10.1 Å². The summed E-state index contributed by atoms with van der Waals surface area (Å²) in [6, 6.07) is 6.38. The van der Waals surface area contributed by atoms with E-state index in [1.165, 1.54) is 4.90 Å². The first kappa shape index (κ1) is 28.2. The Morgan fingerprint density at radius 1 is 1.13 bits per heavy atom. The van der Waals surface area contributed by atoms with Gasteiger partial charge in [-0.2, -0.15) is 0 Å². The molecule has 0 N–H and O–H groups in total. The van der Waals surface area contributed by atoms with E-state index in [1.54, 1.807) is 19.9 Å². The molecule has 0 radical (unpaired) electrons. The summed E-state index contributed by atoms with van der Waals surface area (Å²) in [4.78, 5) is 26.7. The van der Waals surface area contributed by atoms with Crippen LogP contribution in [-0.4, -0.2) is 30.4 Å². The predicted octanol–water partition coefficient (Wildman–Crippen LogP) is 6.53. The number of allylic oxidation sites excluding steroid dienone is 1. The number of aryl methyl sites for hydroxylation is 2. The Hall–Kier alpha value is -1.75. The van der Waals surface area contributed by atoms with E-state index in [2.05, 4.69) is 45.5 Å². The van der Waals surface area contributed by atoms with E-state index >= 15 is 0 Å². The number of carbonyl (C=O) groups excluding carboxylic acids is 2. The largest absolute Gasteiger partial charge is 0.465 e. The first-order valence-electron chi connectivity index (χ1n) is 11.1. The zero-order valence-electron chi connectivity index (χ0n) is 19.9. The van der Waals surface area contributed by atoms with Crippen LogP contribution >= 0.6 is 11.8 Å². The number of ether oxygens (including phenoxy) is 2. The van der Waals surface area contributed by atoms with Crippen LogP contribution < -0.4 is 0 Å². The average Bonchev–Trinajstić information content (AvgIpc) is 2.73. The lowest BCUT2D eigenvalue weighted by Crippen LogP contribution is -2.42. The van der Waals surface area contributed by atoms with Crippen molar-refractivity contribution in [1.82, 2.24) is 0 Å². The highest BCUT2D eigenvalue weighted by molar-refractivity contribution is 7.99. The number of rotatable bonds is 12. The van der Waals surface area contributed by atoms with Crippen LogP contribution in [0.25, 0.3) is 0 Å². The molecule has 0 amide bonds. The number of benzene rings is 1. The predicted molar refractivity (Wildman–Crippen MR) is 127 cm³/mol. The molecule has 1 atom stereocenters. The van der Waals surface area contributed by atoms with Gasteiger partial charge in [0.1, 0.15) is 0 Å². The fourth-order valence-electron chi connectivity index (χ4n) is 3.03. The molecule has 30 heavy (non-hydrogen) atoms. The number of hydrogen-bond donors (Lipinski definition) is 0. The van der Waals surface area contributed by atoms with Crippen molar-refractivity contribution in [2.24, 2.45) is 5.41 Å². The molecule has 5 heteroatoms. The van der Waals surface area contributed by atoms with Crippen molar-refractivity contribution in [1.29, 1.82) is 0 Å². The van der Waals surface area contributed by atoms with Gasteiger partial charge in [0.25, 0.3) is 0 Å². The highest BCUT2D eigenvalue weighted by Gasteiger charge is 2.47. The Morgan fingerprint density at radius 3 is 2.13 bits per heavy atom. The molecule has 0 aromatic heterocycles. The van der Waals surface area contributed by atoms with Crippen LogP contribution in [0, 0.1) is 12.3 Å². The lowest BCUT2D eigenvalue weighted by atomic mass is 9.78. The zero-order chi connectivity index (χ0) is 23.2. The molecule has 0 heterocycles. The fraction of sp³-hybridized carbons (Fsp3) is 0.600. The molecule has 1 rings (SSSR count). The molecule has 170 valence electrons. The van der Waals surface area contributed by atoms with Gasteiger partial charge in [0.15, 0.2) is 5.41 Å². The maximum Gasteiger partial charge on any atom is 0.323 e. The second-order valence-electron chi connectivity index (χ2n) is 6.94. The Balaban J connectivity index is 0.00000407. The zero-order valence-corrected chi connectivity index (χ0v) is 20.7. The van der Waals surface area contributed by atoms with Crippen LogP contribution in [0.4, 0.5) is 0 Å². The summed E-state index contributed by atoms with van der Waals surface area (Å²) in [6.45, 7) is 18.1. The van der Waals surface area contributed by atoms with Gasteiger partial charge in [-0.1, -0.05) is 39.8 Å². The monoisotopic (exact) mass is 436 g/mol. The maximum atomic E-state index is 12.7. The molecule has 0 saturated carbocycles. The van der Waals surface area contributed by atoms with Gasteiger partial charge in [-0.15, -0.1) is 18.3 Å². The third-order valence-electron chi connectivity index (χ3n) is 4.87. The third kappa shape index (κ3) is 8.17. The Labute approximate surface area is 187 Å². The van der Waals surface area contributed by atoms with Gasteiger partial charge in [0.05, 0.1) is 13.2 Å². The molecular weight excluding hydrogens is 396 g/mol. The Bertz CT molecular complexity index is 651. The van der Waals surface area contributed by atoms with E-state index in [-0.39, 0.29) is 19.6 Å². The molecule has 1 aromatic rings. The second kappa shape index (κ2) is 15.1. The summed E-state index contributed by atoms with van der Waals surface area (Å²) in [5.74, 6) is -1.06. The van der Waals surface area contributed by atoms with Crippen LogP contribution in [0.15, 0.2) is 35.7 Å². The summed E-state index contributed by atoms with van der Waals surface area (Å²) in [5.41, 5.74) is 0.939. The van der Waals surface area contributed by atoms with Gasteiger partial charge in [0.2, 0.25) is 0 Å². The molecule has 1 aromatic carbocycles. The molecule has 0 aliphatic rings. The maximum absolute atomic E-state index is 12.7. The molecule has 1 unspecified atom stereocenters. The van der Waals surface area contributed by atoms with E-state index < -0.39 is 17.4 Å². The van der Waals surface area contributed by atoms with Crippen molar-refractivity contribution < 1.29 is 19.1 Å². The minimum atomic E-state index is -1.34. The molecule has 0 saturated heterocycles. The smallest absolute Gasteiger partial charge is 0.323 e. The summed E-state index contributed by atoms with van der Waals surface area (Å²) in [7, 11) is 0. The van der Waals surface area contributed by atoms with E-state index in [0.717, 1.165) is 17.5 Å². The average molecular weight is 437 g/mol. The standard InChI is InChI=1S/C23H34O4S.C2H6/c1-7-14-23(21(24)26-9-3,22(25)27-10-4)15-13-19-11-12-20(16-17(19)5)28-18(6)8-2;1-2/h7,11-12,16,18H,1,8-10,13-15H2,2-6H3;1-2H3. The molecule has 0 aliphatic carbocycles. The number of carbonyl (C=O) groups is 2. The minimum Gasteiger partial charge on any atom is -0.465 e.